The molecule has 0 radical (unpaired) electrons. The zero-order chi connectivity index (χ0) is 21.1. The largest absolute Gasteiger partial charge is 0.383 e. The van der Waals surface area contributed by atoms with Crippen molar-refractivity contribution in [2.75, 3.05) is 12.3 Å². The van der Waals surface area contributed by atoms with Crippen LogP contribution in [0.2, 0.25) is 0 Å². The zero-order valence-electron chi connectivity index (χ0n) is 16.8. The molecule has 1 aliphatic carbocycles. The van der Waals surface area contributed by atoms with Gasteiger partial charge in [0.05, 0.1) is 10.9 Å². The number of hydrogen-bond acceptors (Lipinski definition) is 3. The summed E-state index contributed by atoms with van der Waals surface area (Å²) in [5.41, 5.74) is 7.90. The molecule has 0 unspecified atom stereocenters. The summed E-state index contributed by atoms with van der Waals surface area (Å²) in [4.78, 5) is 4.86. The molecular weight excluding hydrogens is 481 g/mol. The average Bonchev–Trinajstić information content (AvgIpc) is 3.24. The Hall–Kier alpha value is -1.27. The van der Waals surface area contributed by atoms with Crippen LogP contribution < -0.4 is 5.73 Å². The molecule has 0 spiro atoms. The van der Waals surface area contributed by atoms with Crippen LogP contribution in [-0.2, 0) is 16.6 Å². The van der Waals surface area contributed by atoms with Gasteiger partial charge in [-0.05, 0) is 67.1 Å². The van der Waals surface area contributed by atoms with Gasteiger partial charge in [0, 0.05) is 22.6 Å². The smallest absolute Gasteiger partial charge is 0.243 e. The van der Waals surface area contributed by atoms with E-state index in [2.05, 4.69) is 20.9 Å². The van der Waals surface area contributed by atoms with E-state index in [0.717, 1.165) is 62.2 Å². The van der Waals surface area contributed by atoms with Gasteiger partial charge in [-0.25, -0.2) is 8.42 Å². The molecule has 1 heterocycles. The van der Waals surface area contributed by atoms with E-state index >= 15 is 0 Å². The quantitative estimate of drug-likeness (QED) is 0.343. The molecule has 0 amide bonds. The maximum absolute atomic E-state index is 13.6. The molecule has 0 aromatic heterocycles. The summed E-state index contributed by atoms with van der Waals surface area (Å²) in [7, 11) is -2.62. The van der Waals surface area contributed by atoms with Gasteiger partial charge in [0.2, 0.25) is 10.0 Å². The summed E-state index contributed by atoms with van der Waals surface area (Å²) < 4.78 is 29.8. The van der Waals surface area contributed by atoms with E-state index in [9.17, 15) is 8.42 Å². The Kier molecular flexibility index (Phi) is 6.93. The van der Waals surface area contributed by atoms with Crippen molar-refractivity contribution in [1.29, 1.82) is 0 Å². The fourth-order valence-corrected chi connectivity index (χ4v) is 6.61. The lowest BCUT2D eigenvalue weighted by Crippen LogP contribution is -2.38. The van der Waals surface area contributed by atoms with E-state index in [1.54, 1.807) is 28.6 Å². The van der Waals surface area contributed by atoms with Crippen molar-refractivity contribution in [3.63, 3.8) is 0 Å². The van der Waals surface area contributed by atoms with Crippen molar-refractivity contribution in [1.82, 2.24) is 4.31 Å². The maximum Gasteiger partial charge on any atom is 0.243 e. The first-order valence-corrected chi connectivity index (χ1v) is 14.0. The molecule has 0 atom stereocenters. The highest BCUT2D eigenvalue weighted by Crippen LogP contribution is 2.31. The third kappa shape index (κ3) is 4.96. The number of rotatable bonds is 7. The number of nitrogens with zero attached hydrogens (tertiary/aromatic N) is 2. The highest BCUT2D eigenvalue weighted by Gasteiger charge is 2.33. The molecule has 2 aromatic carbocycles. The van der Waals surface area contributed by atoms with Gasteiger partial charge in [0.25, 0.3) is 0 Å². The van der Waals surface area contributed by atoms with Crippen LogP contribution in [0.5, 0.6) is 0 Å². The monoisotopic (exact) mass is 507 g/mol. The standard InChI is InChI=1S/C22H27BrN3O2PS/c23-18-9-5-16(6-10-18)13-26(20-3-1-2-4-20)30(27,28)21-11-7-17(8-12-21)22(24)25-19-14-29-15-19/h5-12,19-20,29H,1-4,13-15H2,(H2,24,25). The van der Waals surface area contributed by atoms with Gasteiger partial charge in [-0.1, -0.05) is 40.9 Å². The van der Waals surface area contributed by atoms with Crippen molar-refractivity contribution in [2.24, 2.45) is 10.7 Å². The molecule has 5 nitrogen and oxygen atoms in total. The van der Waals surface area contributed by atoms with Crippen molar-refractivity contribution in [3.8, 4) is 0 Å². The van der Waals surface area contributed by atoms with Crippen LogP contribution in [0.25, 0.3) is 0 Å². The number of sulfonamides is 1. The average molecular weight is 508 g/mol. The molecule has 1 saturated heterocycles. The summed E-state index contributed by atoms with van der Waals surface area (Å²) in [5, 5.41) is 0. The number of benzene rings is 2. The van der Waals surface area contributed by atoms with E-state index in [1.165, 1.54) is 0 Å². The topological polar surface area (TPSA) is 75.8 Å². The fraction of sp³-hybridized carbons (Fsp3) is 0.409. The third-order valence-corrected chi connectivity index (χ3v) is 9.78. The van der Waals surface area contributed by atoms with E-state index < -0.39 is 10.0 Å². The Labute approximate surface area is 189 Å². The Morgan fingerprint density at radius 2 is 1.70 bits per heavy atom. The van der Waals surface area contributed by atoms with Gasteiger partial charge in [-0.3, -0.25) is 4.99 Å². The molecule has 2 fully saturated rings. The van der Waals surface area contributed by atoms with Crippen LogP contribution >= 0.6 is 24.5 Å². The number of halogens is 1. The van der Waals surface area contributed by atoms with Crippen LogP contribution in [0, 0.1) is 0 Å². The van der Waals surface area contributed by atoms with Crippen LogP contribution in [0.15, 0.2) is 62.9 Å². The Morgan fingerprint density at radius 3 is 2.27 bits per heavy atom. The van der Waals surface area contributed by atoms with E-state index in [0.29, 0.717) is 23.3 Å². The summed E-state index contributed by atoms with van der Waals surface area (Å²) in [5.74, 6) is 0.496. The molecular formula is C22H27BrN3O2PS. The summed E-state index contributed by atoms with van der Waals surface area (Å²) in [6, 6.07) is 15.1. The minimum atomic E-state index is -3.61. The van der Waals surface area contributed by atoms with Gasteiger partial charge in [0.1, 0.15) is 5.84 Å². The molecule has 0 bridgehead atoms. The number of nitrogens with two attached hydrogens (primary N) is 1. The first-order valence-electron chi connectivity index (χ1n) is 10.3. The second kappa shape index (κ2) is 9.47. The van der Waals surface area contributed by atoms with Crippen molar-refractivity contribution >= 4 is 40.4 Å². The Morgan fingerprint density at radius 1 is 1.07 bits per heavy atom. The number of hydrogen-bond donors (Lipinski definition) is 1. The summed E-state index contributed by atoms with van der Waals surface area (Å²) in [6.45, 7) is 0.383. The first-order chi connectivity index (χ1) is 14.4. The van der Waals surface area contributed by atoms with Gasteiger partial charge in [0.15, 0.2) is 0 Å². The molecule has 8 heteroatoms. The van der Waals surface area contributed by atoms with E-state index in [4.69, 9.17) is 5.73 Å². The molecule has 4 rings (SSSR count). The molecule has 2 aliphatic rings. The van der Waals surface area contributed by atoms with Gasteiger partial charge in [-0.15, -0.1) is 8.58 Å². The van der Waals surface area contributed by atoms with Crippen molar-refractivity contribution in [3.05, 3.63) is 64.1 Å². The fourth-order valence-electron chi connectivity index (χ4n) is 3.94. The normalized spacial score (nSPS) is 21.3. The lowest BCUT2D eigenvalue weighted by atomic mass is 10.2. The lowest BCUT2D eigenvalue weighted by Gasteiger charge is -2.28. The van der Waals surface area contributed by atoms with Crippen LogP contribution in [0.3, 0.4) is 0 Å². The highest BCUT2D eigenvalue weighted by molar-refractivity contribution is 9.10. The van der Waals surface area contributed by atoms with Crippen molar-refractivity contribution < 1.29 is 8.42 Å². The SMILES string of the molecule is NC(=NC1CPC1)c1ccc(S(=O)(=O)N(Cc2ccc(Br)cc2)C2CCCC2)cc1. The van der Waals surface area contributed by atoms with E-state index in [-0.39, 0.29) is 6.04 Å². The second-order valence-electron chi connectivity index (χ2n) is 7.97. The molecule has 2 aromatic rings. The highest BCUT2D eigenvalue weighted by atomic mass is 79.9. The molecule has 30 heavy (non-hydrogen) atoms. The zero-order valence-corrected chi connectivity index (χ0v) is 20.2. The van der Waals surface area contributed by atoms with Crippen LogP contribution in [0.4, 0.5) is 0 Å². The minimum Gasteiger partial charge on any atom is -0.383 e. The predicted molar refractivity (Wildman–Crippen MR) is 128 cm³/mol. The van der Waals surface area contributed by atoms with Gasteiger partial charge < -0.3 is 5.73 Å². The second-order valence-corrected chi connectivity index (χ2v) is 12.1. The Balaban J connectivity index is 1.58. The molecule has 160 valence electrons. The molecule has 1 aliphatic heterocycles. The number of amidine groups is 1. The lowest BCUT2D eigenvalue weighted by molar-refractivity contribution is 0.316. The molecule has 2 N–H and O–H groups in total. The summed E-state index contributed by atoms with van der Waals surface area (Å²) in [6.07, 6.45) is 6.19. The first kappa shape index (κ1) is 21.9. The Bertz CT molecular complexity index is 1000. The third-order valence-electron chi connectivity index (χ3n) is 5.82. The van der Waals surface area contributed by atoms with Crippen molar-refractivity contribution in [2.45, 2.75) is 49.2 Å². The van der Waals surface area contributed by atoms with Gasteiger partial charge >= 0.3 is 0 Å². The number of aliphatic imine (C=N–C) groups is 1. The van der Waals surface area contributed by atoms with Crippen LogP contribution in [-0.4, -0.2) is 43.0 Å². The summed E-state index contributed by atoms with van der Waals surface area (Å²) >= 11 is 3.44. The minimum absolute atomic E-state index is 0.0457. The maximum atomic E-state index is 13.6. The predicted octanol–water partition coefficient (Wildman–Crippen LogP) is 4.35. The molecule has 1 saturated carbocycles. The van der Waals surface area contributed by atoms with Gasteiger partial charge in [-0.2, -0.15) is 4.31 Å². The van der Waals surface area contributed by atoms with Crippen LogP contribution in [0.1, 0.15) is 36.8 Å². The van der Waals surface area contributed by atoms with E-state index in [1.807, 2.05) is 24.3 Å².